The minimum absolute atomic E-state index is 0.0231. The molecule has 6 rings (SSSR count). The first-order valence-electron chi connectivity index (χ1n) is 14.2. The number of morpholine rings is 1. The average Bonchev–Trinajstić information content (AvgIpc) is 3.16. The van der Waals surface area contributed by atoms with Crippen LogP contribution in [0.5, 0.6) is 5.75 Å². The maximum atomic E-state index is 13.6. The van der Waals surface area contributed by atoms with E-state index in [2.05, 4.69) is 54.7 Å². The van der Waals surface area contributed by atoms with Gasteiger partial charge in [-0.2, -0.15) is 0 Å². The Kier molecular flexibility index (Phi) is 6.77. The van der Waals surface area contributed by atoms with E-state index in [1.54, 1.807) is 11.0 Å². The van der Waals surface area contributed by atoms with Gasteiger partial charge < -0.3 is 19.6 Å². The molecule has 2 bridgehead atoms. The van der Waals surface area contributed by atoms with Gasteiger partial charge in [0.25, 0.3) is 5.91 Å². The summed E-state index contributed by atoms with van der Waals surface area (Å²) in [5.41, 5.74) is 7.02. The predicted molar refractivity (Wildman–Crippen MR) is 163 cm³/mol. The van der Waals surface area contributed by atoms with Crippen LogP contribution in [0, 0.1) is 0 Å². The largest absolute Gasteiger partial charge is 0.506 e. The van der Waals surface area contributed by atoms with Gasteiger partial charge in [0.2, 0.25) is 10.0 Å². The molecule has 1 amide bonds. The van der Waals surface area contributed by atoms with E-state index in [-0.39, 0.29) is 22.8 Å². The number of ether oxygens (including phenoxy) is 1. The molecule has 2 unspecified atom stereocenters. The second-order valence-corrected chi connectivity index (χ2v) is 14.2. The number of fused-ring (bicyclic) bond motifs is 3. The first-order chi connectivity index (χ1) is 19.4. The summed E-state index contributed by atoms with van der Waals surface area (Å²) in [7, 11) is -3.59. The highest BCUT2D eigenvalue weighted by atomic mass is 32.2. The quantitative estimate of drug-likeness (QED) is 0.401. The number of amides is 1. The highest BCUT2D eigenvalue weighted by Gasteiger charge is 2.39. The lowest BCUT2D eigenvalue weighted by atomic mass is 9.84. The minimum Gasteiger partial charge on any atom is -0.506 e. The Morgan fingerprint density at radius 1 is 0.951 bits per heavy atom. The van der Waals surface area contributed by atoms with Crippen LogP contribution in [0.25, 0.3) is 11.1 Å². The fourth-order valence-corrected chi connectivity index (χ4v) is 6.92. The van der Waals surface area contributed by atoms with Gasteiger partial charge in [0.1, 0.15) is 5.75 Å². The Bertz CT molecular complexity index is 1610. The summed E-state index contributed by atoms with van der Waals surface area (Å²) in [5.74, 6) is -0.348. The first-order valence-corrected chi connectivity index (χ1v) is 16.0. The van der Waals surface area contributed by atoms with Gasteiger partial charge in [-0.1, -0.05) is 45.0 Å². The van der Waals surface area contributed by atoms with Crippen LogP contribution in [0.1, 0.15) is 55.1 Å². The summed E-state index contributed by atoms with van der Waals surface area (Å²) in [6.07, 6.45) is 3.95. The fraction of sp³-hybridized carbons (Fsp3) is 0.406. The molecule has 0 aromatic heterocycles. The molecule has 3 aromatic rings. The lowest BCUT2D eigenvalue weighted by Gasteiger charge is -2.39. The number of phenols is 1. The van der Waals surface area contributed by atoms with Crippen LogP contribution >= 0.6 is 0 Å². The van der Waals surface area contributed by atoms with E-state index < -0.39 is 10.0 Å². The molecular weight excluding hydrogens is 538 g/mol. The third-order valence-electron chi connectivity index (χ3n) is 8.47. The van der Waals surface area contributed by atoms with Crippen molar-refractivity contribution < 1.29 is 23.1 Å². The molecule has 9 heteroatoms. The molecule has 2 saturated heterocycles. The van der Waals surface area contributed by atoms with Gasteiger partial charge in [0.05, 0.1) is 37.2 Å². The highest BCUT2D eigenvalue weighted by molar-refractivity contribution is 7.92. The van der Waals surface area contributed by atoms with Crippen molar-refractivity contribution in [2.45, 2.75) is 57.5 Å². The Hall–Kier alpha value is -3.56. The van der Waals surface area contributed by atoms with Crippen molar-refractivity contribution in [2.24, 2.45) is 0 Å². The van der Waals surface area contributed by atoms with Gasteiger partial charge in [-0.05, 0) is 71.7 Å². The number of benzene rings is 3. The smallest absolute Gasteiger partial charge is 0.258 e. The maximum Gasteiger partial charge on any atom is 0.258 e. The van der Waals surface area contributed by atoms with Crippen LogP contribution in [-0.4, -0.2) is 57.5 Å². The summed E-state index contributed by atoms with van der Waals surface area (Å²) >= 11 is 0. The lowest BCUT2D eigenvalue weighted by Crippen LogP contribution is -2.46. The zero-order chi connectivity index (χ0) is 29.1. The van der Waals surface area contributed by atoms with Crippen molar-refractivity contribution in [3.63, 3.8) is 0 Å². The molecule has 8 nitrogen and oxygen atoms in total. The number of hydrogen-bond donors (Lipinski definition) is 2. The van der Waals surface area contributed by atoms with Crippen LogP contribution in [0.4, 0.5) is 17.1 Å². The fourth-order valence-electron chi connectivity index (χ4n) is 6.35. The number of nitrogens with one attached hydrogen (secondary N) is 1. The number of phenolic OH excluding ortho intramolecular Hbond substituents is 1. The van der Waals surface area contributed by atoms with E-state index >= 15 is 0 Å². The summed E-state index contributed by atoms with van der Waals surface area (Å²) in [6.45, 7) is 8.67. The molecule has 3 heterocycles. The Morgan fingerprint density at radius 3 is 2.34 bits per heavy atom. The average molecular weight is 576 g/mol. The molecule has 0 radical (unpaired) electrons. The van der Waals surface area contributed by atoms with Crippen molar-refractivity contribution in [1.82, 2.24) is 0 Å². The molecule has 2 fully saturated rings. The number of aromatic hydroxyl groups is 1. The second kappa shape index (κ2) is 10.1. The molecule has 3 aliphatic heterocycles. The highest BCUT2D eigenvalue weighted by Crippen LogP contribution is 2.43. The van der Waals surface area contributed by atoms with E-state index in [0.717, 1.165) is 43.4 Å². The van der Waals surface area contributed by atoms with Gasteiger partial charge in [0, 0.05) is 29.0 Å². The Morgan fingerprint density at radius 2 is 1.66 bits per heavy atom. The molecule has 0 aliphatic carbocycles. The summed E-state index contributed by atoms with van der Waals surface area (Å²) in [6, 6.07) is 18.2. The number of carbonyl (C=O) groups is 1. The molecule has 3 aliphatic rings. The maximum absolute atomic E-state index is 13.6. The van der Waals surface area contributed by atoms with Crippen molar-refractivity contribution in [3.8, 4) is 16.9 Å². The Labute approximate surface area is 242 Å². The van der Waals surface area contributed by atoms with Crippen LogP contribution in [0.3, 0.4) is 0 Å². The van der Waals surface area contributed by atoms with Gasteiger partial charge >= 0.3 is 0 Å². The van der Waals surface area contributed by atoms with Crippen molar-refractivity contribution in [3.05, 3.63) is 71.3 Å². The number of rotatable bonds is 5. The topological polar surface area (TPSA) is 99.2 Å². The van der Waals surface area contributed by atoms with Gasteiger partial charge in [-0.15, -0.1) is 0 Å². The molecule has 216 valence electrons. The molecule has 2 atom stereocenters. The summed E-state index contributed by atoms with van der Waals surface area (Å²) in [5, 5.41) is 10.1. The molecule has 2 N–H and O–H groups in total. The molecule has 0 spiro atoms. The zero-order valence-corrected chi connectivity index (χ0v) is 24.8. The SMILES string of the molecule is CC(C)(C)c1ccc(-c2ccc3c(c2)CCN(c2ccc(O)c(NS(C)(=O)=O)c2)C3=O)c(N2C3CCC2COC3)c1. The van der Waals surface area contributed by atoms with Crippen molar-refractivity contribution in [2.75, 3.05) is 40.5 Å². The molecule has 3 aromatic carbocycles. The molecule has 0 saturated carbocycles. The standard InChI is InChI=1S/C32H37N3O5S/c1-32(2,3)22-6-11-26(29(16-22)35-24-7-8-25(35)19-40-18-24)20-5-10-27-21(15-20)13-14-34(31(27)37)23-9-12-30(36)28(17-23)33-41(4,38)39/h5-6,9-12,15-17,24-25,33,36H,7-8,13-14,18-19H2,1-4H3. The third-order valence-corrected chi connectivity index (χ3v) is 9.06. The zero-order valence-electron chi connectivity index (χ0n) is 24.0. The molecule has 41 heavy (non-hydrogen) atoms. The van der Waals surface area contributed by atoms with E-state index in [1.165, 1.54) is 28.9 Å². The number of sulfonamides is 1. The number of nitrogens with zero attached hydrogens (tertiary/aromatic N) is 2. The summed E-state index contributed by atoms with van der Waals surface area (Å²) < 4.78 is 31.7. The number of carbonyl (C=O) groups excluding carboxylic acids is 1. The van der Waals surface area contributed by atoms with Crippen LogP contribution in [0.2, 0.25) is 0 Å². The lowest BCUT2D eigenvalue weighted by molar-refractivity contribution is 0.0907. The van der Waals surface area contributed by atoms with Crippen molar-refractivity contribution in [1.29, 1.82) is 0 Å². The minimum atomic E-state index is -3.59. The molecular formula is C32H37N3O5S. The van der Waals surface area contributed by atoms with Crippen molar-refractivity contribution >= 4 is 33.0 Å². The number of anilines is 3. The van der Waals surface area contributed by atoms with Gasteiger partial charge in [0.15, 0.2) is 0 Å². The van der Waals surface area contributed by atoms with E-state index in [1.807, 2.05) is 12.1 Å². The summed E-state index contributed by atoms with van der Waals surface area (Å²) in [4.78, 5) is 17.8. The second-order valence-electron chi connectivity index (χ2n) is 12.5. The third kappa shape index (κ3) is 5.28. The van der Waals surface area contributed by atoms with Gasteiger partial charge in [-0.25, -0.2) is 8.42 Å². The van der Waals surface area contributed by atoms with Crippen LogP contribution < -0.4 is 14.5 Å². The number of hydrogen-bond acceptors (Lipinski definition) is 6. The van der Waals surface area contributed by atoms with E-state index in [0.29, 0.717) is 36.3 Å². The normalized spacial score (nSPS) is 20.7. The Balaban J connectivity index is 1.35. The monoisotopic (exact) mass is 575 g/mol. The first kappa shape index (κ1) is 27.6. The predicted octanol–water partition coefficient (Wildman–Crippen LogP) is 5.30. The van der Waals surface area contributed by atoms with E-state index in [4.69, 9.17) is 4.74 Å². The van der Waals surface area contributed by atoms with E-state index in [9.17, 15) is 18.3 Å². The van der Waals surface area contributed by atoms with Crippen LogP contribution in [-0.2, 0) is 26.6 Å². The van der Waals surface area contributed by atoms with Gasteiger partial charge in [-0.3, -0.25) is 9.52 Å². The van der Waals surface area contributed by atoms with Crippen LogP contribution in [0.15, 0.2) is 54.6 Å².